The molecule has 18 heavy (non-hydrogen) atoms. The summed E-state index contributed by atoms with van der Waals surface area (Å²) < 4.78 is 0. The smallest absolute Gasteiger partial charge is 0.240 e. The lowest BCUT2D eigenvalue weighted by atomic mass is 10.0. The quantitative estimate of drug-likeness (QED) is 0.737. The number of hydrogen-bond donors (Lipinski definition) is 2. The molecular weight excluding hydrogens is 230 g/mol. The standard InChI is InChI=1S/C13H19N3O2/c1-16(12(17)7-8-14)11(13(15)18)9-10-5-3-2-4-6-10/h2-6,11H,7-9,14H2,1H3,(H2,15,18)/t11-/m0/s1. The van der Waals surface area contributed by atoms with Gasteiger partial charge in [0.25, 0.3) is 0 Å². The number of rotatable bonds is 6. The fourth-order valence-corrected chi connectivity index (χ4v) is 1.74. The normalized spacial score (nSPS) is 11.9. The van der Waals surface area contributed by atoms with E-state index in [1.807, 2.05) is 30.3 Å². The molecule has 5 heteroatoms. The van der Waals surface area contributed by atoms with E-state index in [2.05, 4.69) is 0 Å². The lowest BCUT2D eigenvalue weighted by Crippen LogP contribution is -2.47. The van der Waals surface area contributed by atoms with Crippen LogP contribution in [0, 0.1) is 0 Å². The molecule has 2 amide bonds. The first kappa shape index (κ1) is 14.2. The van der Waals surface area contributed by atoms with Gasteiger partial charge in [0.1, 0.15) is 6.04 Å². The van der Waals surface area contributed by atoms with Crippen LogP contribution in [0.4, 0.5) is 0 Å². The molecule has 1 rings (SSSR count). The fourth-order valence-electron chi connectivity index (χ4n) is 1.74. The highest BCUT2D eigenvalue weighted by Crippen LogP contribution is 2.08. The fraction of sp³-hybridized carbons (Fsp3) is 0.385. The Hall–Kier alpha value is -1.88. The molecule has 0 saturated heterocycles. The molecule has 0 aliphatic rings. The van der Waals surface area contributed by atoms with E-state index >= 15 is 0 Å². The van der Waals surface area contributed by atoms with E-state index in [0.717, 1.165) is 5.56 Å². The zero-order valence-electron chi connectivity index (χ0n) is 10.5. The van der Waals surface area contributed by atoms with Crippen LogP contribution >= 0.6 is 0 Å². The first-order chi connectivity index (χ1) is 8.56. The van der Waals surface area contributed by atoms with Crippen molar-refractivity contribution in [1.82, 2.24) is 4.90 Å². The van der Waals surface area contributed by atoms with Crippen molar-refractivity contribution in [1.29, 1.82) is 0 Å². The molecule has 5 nitrogen and oxygen atoms in total. The van der Waals surface area contributed by atoms with Gasteiger partial charge in [-0.25, -0.2) is 0 Å². The van der Waals surface area contributed by atoms with Gasteiger partial charge in [-0.1, -0.05) is 30.3 Å². The Morgan fingerprint density at radius 3 is 2.39 bits per heavy atom. The van der Waals surface area contributed by atoms with Crippen molar-refractivity contribution >= 4 is 11.8 Å². The van der Waals surface area contributed by atoms with Gasteiger partial charge in [0.05, 0.1) is 0 Å². The minimum Gasteiger partial charge on any atom is -0.368 e. The number of benzene rings is 1. The van der Waals surface area contributed by atoms with Crippen molar-refractivity contribution in [3.05, 3.63) is 35.9 Å². The number of hydrogen-bond acceptors (Lipinski definition) is 3. The van der Waals surface area contributed by atoms with E-state index in [4.69, 9.17) is 11.5 Å². The third-order valence-electron chi connectivity index (χ3n) is 2.82. The Morgan fingerprint density at radius 1 is 1.28 bits per heavy atom. The summed E-state index contributed by atoms with van der Waals surface area (Å²) in [7, 11) is 1.58. The van der Waals surface area contributed by atoms with Gasteiger partial charge in [-0.05, 0) is 5.56 Å². The second-order valence-electron chi connectivity index (χ2n) is 4.15. The van der Waals surface area contributed by atoms with Crippen LogP contribution in [0.1, 0.15) is 12.0 Å². The Balaban J connectivity index is 2.77. The van der Waals surface area contributed by atoms with Crippen molar-refractivity contribution in [2.45, 2.75) is 18.9 Å². The Morgan fingerprint density at radius 2 is 1.89 bits per heavy atom. The summed E-state index contributed by atoms with van der Waals surface area (Å²) in [5.74, 6) is -0.677. The van der Waals surface area contributed by atoms with Gasteiger partial charge < -0.3 is 16.4 Å². The van der Waals surface area contributed by atoms with Gasteiger partial charge in [0, 0.05) is 26.4 Å². The highest BCUT2D eigenvalue weighted by atomic mass is 16.2. The van der Waals surface area contributed by atoms with Crippen LogP contribution in [0.5, 0.6) is 0 Å². The summed E-state index contributed by atoms with van der Waals surface area (Å²) in [6.45, 7) is 0.264. The van der Waals surface area contributed by atoms with E-state index in [1.165, 1.54) is 4.90 Å². The van der Waals surface area contributed by atoms with Crippen molar-refractivity contribution < 1.29 is 9.59 Å². The van der Waals surface area contributed by atoms with E-state index in [1.54, 1.807) is 7.05 Å². The number of carbonyl (C=O) groups is 2. The monoisotopic (exact) mass is 249 g/mol. The number of likely N-dealkylation sites (N-methyl/N-ethyl adjacent to an activating group) is 1. The molecule has 1 aromatic rings. The molecule has 0 bridgehead atoms. The van der Waals surface area contributed by atoms with Crippen LogP contribution in [0.2, 0.25) is 0 Å². The highest BCUT2D eigenvalue weighted by molar-refractivity contribution is 5.86. The summed E-state index contributed by atoms with van der Waals surface area (Å²) in [5, 5.41) is 0. The largest absolute Gasteiger partial charge is 0.368 e. The molecule has 0 aromatic heterocycles. The summed E-state index contributed by atoms with van der Waals surface area (Å²) >= 11 is 0. The lowest BCUT2D eigenvalue weighted by Gasteiger charge is -2.25. The zero-order valence-corrected chi connectivity index (χ0v) is 10.5. The Kier molecular flexibility index (Phi) is 5.32. The van der Waals surface area contributed by atoms with Crippen LogP contribution in [0.25, 0.3) is 0 Å². The van der Waals surface area contributed by atoms with E-state index in [-0.39, 0.29) is 18.9 Å². The molecule has 0 heterocycles. The van der Waals surface area contributed by atoms with Gasteiger partial charge in [0.15, 0.2) is 0 Å². The minimum absolute atomic E-state index is 0.169. The number of primary amides is 1. The van der Waals surface area contributed by atoms with Crippen LogP contribution in [-0.4, -0.2) is 36.3 Å². The van der Waals surface area contributed by atoms with Crippen LogP contribution < -0.4 is 11.5 Å². The van der Waals surface area contributed by atoms with Crippen LogP contribution in [-0.2, 0) is 16.0 Å². The second-order valence-corrected chi connectivity index (χ2v) is 4.15. The first-order valence-electron chi connectivity index (χ1n) is 5.85. The van der Waals surface area contributed by atoms with E-state index in [0.29, 0.717) is 6.42 Å². The van der Waals surface area contributed by atoms with Gasteiger partial charge in [-0.2, -0.15) is 0 Å². The molecule has 0 spiro atoms. The van der Waals surface area contributed by atoms with Crippen molar-refractivity contribution in [3.63, 3.8) is 0 Å². The van der Waals surface area contributed by atoms with Gasteiger partial charge in [-0.15, -0.1) is 0 Å². The molecule has 0 radical (unpaired) electrons. The maximum Gasteiger partial charge on any atom is 0.240 e. The summed E-state index contributed by atoms with van der Waals surface area (Å²) in [6, 6.07) is 8.83. The number of carbonyl (C=O) groups excluding carboxylic acids is 2. The summed E-state index contributed by atoms with van der Waals surface area (Å²) in [4.78, 5) is 24.5. The molecule has 0 fully saturated rings. The topological polar surface area (TPSA) is 89.4 Å². The average molecular weight is 249 g/mol. The van der Waals surface area contributed by atoms with E-state index < -0.39 is 11.9 Å². The summed E-state index contributed by atoms with van der Waals surface area (Å²) in [6.07, 6.45) is 0.637. The van der Waals surface area contributed by atoms with Gasteiger partial charge >= 0.3 is 0 Å². The third kappa shape index (κ3) is 3.85. The maximum absolute atomic E-state index is 11.7. The van der Waals surface area contributed by atoms with Crippen molar-refractivity contribution in [2.75, 3.05) is 13.6 Å². The van der Waals surface area contributed by atoms with E-state index in [9.17, 15) is 9.59 Å². The lowest BCUT2D eigenvalue weighted by molar-refractivity contribution is -0.137. The molecule has 4 N–H and O–H groups in total. The molecule has 1 atom stereocenters. The van der Waals surface area contributed by atoms with Gasteiger partial charge in [-0.3, -0.25) is 9.59 Å². The van der Waals surface area contributed by atoms with Gasteiger partial charge in [0.2, 0.25) is 11.8 Å². The summed E-state index contributed by atoms with van der Waals surface area (Å²) in [5.41, 5.74) is 11.7. The number of amides is 2. The number of nitrogens with two attached hydrogens (primary N) is 2. The zero-order chi connectivity index (χ0) is 13.5. The molecule has 0 saturated carbocycles. The van der Waals surface area contributed by atoms with Crippen molar-refractivity contribution in [2.24, 2.45) is 11.5 Å². The Bertz CT molecular complexity index is 406. The minimum atomic E-state index is -0.633. The molecule has 1 aromatic carbocycles. The first-order valence-corrected chi connectivity index (χ1v) is 5.85. The molecule has 0 aliphatic heterocycles. The third-order valence-corrected chi connectivity index (χ3v) is 2.82. The van der Waals surface area contributed by atoms with Crippen LogP contribution in [0.3, 0.4) is 0 Å². The van der Waals surface area contributed by atoms with Crippen LogP contribution in [0.15, 0.2) is 30.3 Å². The predicted molar refractivity (Wildman–Crippen MR) is 69.6 cm³/mol. The number of nitrogens with zero attached hydrogens (tertiary/aromatic N) is 1. The molecule has 98 valence electrons. The maximum atomic E-state index is 11.7. The Labute approximate surface area is 107 Å². The SMILES string of the molecule is CN(C(=O)CCN)[C@@H](Cc1ccccc1)C(N)=O. The predicted octanol–water partition coefficient (Wildman–Crippen LogP) is -0.110. The van der Waals surface area contributed by atoms with Crippen molar-refractivity contribution in [3.8, 4) is 0 Å². The molecule has 0 unspecified atom stereocenters. The molecule has 0 aliphatic carbocycles. The average Bonchev–Trinajstić information content (AvgIpc) is 2.36. The second kappa shape index (κ2) is 6.76. The highest BCUT2D eigenvalue weighted by Gasteiger charge is 2.24. The molecular formula is C13H19N3O2.